The summed E-state index contributed by atoms with van der Waals surface area (Å²) in [6.45, 7) is 6.87. The molecule has 4 rings (SSSR count). The van der Waals surface area contributed by atoms with Gasteiger partial charge in [-0.2, -0.15) is 0 Å². The Morgan fingerprint density at radius 1 is 1.12 bits per heavy atom. The normalized spacial score (nSPS) is 21.7. The van der Waals surface area contributed by atoms with Crippen molar-refractivity contribution in [3.8, 4) is 11.3 Å². The van der Waals surface area contributed by atoms with Gasteiger partial charge >= 0.3 is 0 Å². The number of hydrogen-bond donors (Lipinski definition) is 2. The lowest BCUT2D eigenvalue weighted by Gasteiger charge is -2.36. The predicted octanol–water partition coefficient (Wildman–Crippen LogP) is 6.30. The molecule has 2 N–H and O–H groups in total. The highest BCUT2D eigenvalue weighted by atomic mass is 19.1. The minimum absolute atomic E-state index is 0.0110. The number of likely N-dealkylation sites (tertiary alicyclic amines) is 1. The zero-order valence-electron chi connectivity index (χ0n) is 24.6. The van der Waals surface area contributed by atoms with Crippen molar-refractivity contribution in [2.45, 2.75) is 109 Å². The molecule has 2 amide bonds. The van der Waals surface area contributed by atoms with Gasteiger partial charge in [0.2, 0.25) is 11.8 Å². The van der Waals surface area contributed by atoms with Crippen molar-refractivity contribution in [3.05, 3.63) is 41.9 Å². The van der Waals surface area contributed by atoms with E-state index in [1.54, 1.807) is 6.20 Å². The fourth-order valence-electron chi connectivity index (χ4n) is 6.39. The Bertz CT molecular complexity index is 1210. The van der Waals surface area contributed by atoms with Gasteiger partial charge in [0.1, 0.15) is 17.5 Å². The number of rotatable bonds is 12. The van der Waals surface area contributed by atoms with E-state index < -0.39 is 17.7 Å². The summed E-state index contributed by atoms with van der Waals surface area (Å²) in [4.78, 5) is 49.5. The van der Waals surface area contributed by atoms with Gasteiger partial charge in [-0.05, 0) is 68.9 Å². The predicted molar refractivity (Wildman–Crippen MR) is 154 cm³/mol. The fraction of sp³-hybridized carbons (Fsp3) is 0.625. The number of H-pyrrole nitrogens is 1. The zero-order valence-corrected chi connectivity index (χ0v) is 24.6. The summed E-state index contributed by atoms with van der Waals surface area (Å²) in [7, 11) is 0. The van der Waals surface area contributed by atoms with Crippen LogP contribution in [0.5, 0.6) is 0 Å². The topological polar surface area (TPSA) is 95.2 Å². The summed E-state index contributed by atoms with van der Waals surface area (Å²) in [6, 6.07) is 2.76. The van der Waals surface area contributed by atoms with E-state index in [1.165, 1.54) is 12.1 Å². The van der Waals surface area contributed by atoms with Gasteiger partial charge in [-0.3, -0.25) is 14.4 Å². The van der Waals surface area contributed by atoms with Gasteiger partial charge in [0.25, 0.3) is 0 Å². The van der Waals surface area contributed by atoms with Gasteiger partial charge in [0.05, 0.1) is 24.4 Å². The van der Waals surface area contributed by atoms with Crippen LogP contribution in [-0.4, -0.2) is 51.1 Å². The number of carbonyl (C=O) groups is 3. The number of aromatic amines is 1. The van der Waals surface area contributed by atoms with Crippen LogP contribution in [0, 0.1) is 23.5 Å². The van der Waals surface area contributed by atoms with Gasteiger partial charge in [0.15, 0.2) is 5.78 Å². The first-order valence-electron chi connectivity index (χ1n) is 15.3. The maximum Gasteiger partial charge on any atom is 0.225 e. The molecule has 1 saturated carbocycles. The van der Waals surface area contributed by atoms with Crippen LogP contribution in [0.4, 0.5) is 8.78 Å². The summed E-state index contributed by atoms with van der Waals surface area (Å²) in [5.41, 5.74) is 0.698. The molecule has 0 spiro atoms. The number of ketones is 1. The molecule has 7 nitrogen and oxygen atoms in total. The van der Waals surface area contributed by atoms with Gasteiger partial charge in [0, 0.05) is 43.0 Å². The largest absolute Gasteiger partial charge is 0.346 e. The Morgan fingerprint density at radius 3 is 2.66 bits per heavy atom. The number of halogens is 2. The van der Waals surface area contributed by atoms with E-state index in [0.29, 0.717) is 36.8 Å². The molecule has 2 heterocycles. The fourth-order valence-corrected chi connectivity index (χ4v) is 6.39. The Morgan fingerprint density at radius 2 is 1.93 bits per heavy atom. The molecule has 2 fully saturated rings. The highest BCUT2D eigenvalue weighted by Crippen LogP contribution is 2.41. The van der Waals surface area contributed by atoms with Gasteiger partial charge in [-0.15, -0.1) is 0 Å². The first-order chi connectivity index (χ1) is 19.7. The van der Waals surface area contributed by atoms with Crippen LogP contribution < -0.4 is 5.32 Å². The number of carbonyl (C=O) groups excluding carboxylic acids is 3. The standard InChI is InChI=1S/C32H44F2N4O3/c1-4-23-9-5-6-15-38(23)31(41)18-27(36-30(40)14-11-20(2)3)29(39)16-21-8-7-10-24(21)32-35-19-28(37-32)25-13-12-22(33)17-26(25)34/h12-13,17,19-21,23-24,27H,4-11,14-16,18H2,1-3H3,(H,35,37)(H,36,40)/t21-,23+,24-,27+/m1/s1. The van der Waals surface area contributed by atoms with Gasteiger partial charge in [-0.1, -0.05) is 27.2 Å². The molecule has 1 aliphatic carbocycles. The van der Waals surface area contributed by atoms with Crippen LogP contribution in [0.15, 0.2) is 24.4 Å². The molecule has 1 aromatic heterocycles. The third kappa shape index (κ3) is 8.01. The van der Waals surface area contributed by atoms with E-state index in [0.717, 1.165) is 51.0 Å². The first-order valence-corrected chi connectivity index (χ1v) is 15.3. The number of imidazole rings is 1. The summed E-state index contributed by atoms with van der Waals surface area (Å²) in [5, 5.41) is 2.91. The number of nitrogens with zero attached hydrogens (tertiary/aromatic N) is 2. The molecule has 0 bridgehead atoms. The molecular formula is C32H44F2N4O3. The highest BCUT2D eigenvalue weighted by molar-refractivity contribution is 5.93. The molecule has 1 aliphatic heterocycles. The second kappa shape index (κ2) is 14.2. The summed E-state index contributed by atoms with van der Waals surface area (Å²) in [6.07, 6.45) is 9.25. The van der Waals surface area contributed by atoms with Crippen LogP contribution in [0.2, 0.25) is 0 Å². The SMILES string of the molecule is CC[C@H]1CCCCN1C(=O)C[C@H](NC(=O)CCC(C)C)C(=O)C[C@H]1CCC[C@H]1c1ncc(-c2ccc(F)cc2F)[nH]1. The molecule has 1 aromatic carbocycles. The number of aromatic nitrogens is 2. The van der Waals surface area contributed by atoms with E-state index in [2.05, 4.69) is 22.2 Å². The lowest BCUT2D eigenvalue weighted by molar-refractivity contribution is -0.138. The number of amides is 2. The molecule has 4 atom stereocenters. The molecular weight excluding hydrogens is 526 g/mol. The molecule has 2 aliphatic rings. The molecule has 1 saturated heterocycles. The summed E-state index contributed by atoms with van der Waals surface area (Å²) >= 11 is 0. The van der Waals surface area contributed by atoms with E-state index in [9.17, 15) is 23.2 Å². The zero-order chi connectivity index (χ0) is 29.5. The van der Waals surface area contributed by atoms with Crippen LogP contribution in [-0.2, 0) is 14.4 Å². The number of nitrogens with one attached hydrogen (secondary N) is 2. The van der Waals surface area contributed by atoms with Crippen LogP contribution in [0.3, 0.4) is 0 Å². The summed E-state index contributed by atoms with van der Waals surface area (Å²) < 4.78 is 27.7. The minimum Gasteiger partial charge on any atom is -0.346 e. The Kier molecular flexibility index (Phi) is 10.7. The Labute approximate surface area is 241 Å². The molecule has 41 heavy (non-hydrogen) atoms. The van der Waals surface area contributed by atoms with Crippen molar-refractivity contribution in [2.24, 2.45) is 11.8 Å². The quantitative estimate of drug-likeness (QED) is 0.313. The Balaban J connectivity index is 1.47. The Hall–Kier alpha value is -3.10. The molecule has 224 valence electrons. The molecule has 9 heteroatoms. The maximum absolute atomic E-state index is 14.4. The minimum atomic E-state index is -0.858. The van der Waals surface area contributed by atoms with Crippen LogP contribution in [0.1, 0.15) is 103 Å². The molecule has 0 radical (unpaired) electrons. The molecule has 0 unspecified atom stereocenters. The van der Waals surface area contributed by atoms with Gasteiger partial charge in [-0.25, -0.2) is 13.8 Å². The maximum atomic E-state index is 14.4. The second-order valence-electron chi connectivity index (χ2n) is 12.2. The van der Waals surface area contributed by atoms with Crippen molar-refractivity contribution in [3.63, 3.8) is 0 Å². The number of benzene rings is 1. The smallest absolute Gasteiger partial charge is 0.225 e. The van der Waals surface area contributed by atoms with Crippen molar-refractivity contribution in [1.29, 1.82) is 0 Å². The second-order valence-corrected chi connectivity index (χ2v) is 12.2. The average molecular weight is 571 g/mol. The third-order valence-corrected chi connectivity index (χ3v) is 8.76. The van der Waals surface area contributed by atoms with Crippen molar-refractivity contribution in [1.82, 2.24) is 20.2 Å². The van der Waals surface area contributed by atoms with Crippen LogP contribution >= 0.6 is 0 Å². The molecule has 2 aromatic rings. The van der Waals surface area contributed by atoms with Crippen molar-refractivity contribution in [2.75, 3.05) is 6.54 Å². The third-order valence-electron chi connectivity index (χ3n) is 8.76. The number of hydrogen-bond acceptors (Lipinski definition) is 4. The van der Waals surface area contributed by atoms with E-state index in [4.69, 9.17) is 0 Å². The van der Waals surface area contributed by atoms with Gasteiger partial charge < -0.3 is 15.2 Å². The highest BCUT2D eigenvalue weighted by Gasteiger charge is 2.36. The van der Waals surface area contributed by atoms with E-state index in [1.807, 2.05) is 18.7 Å². The van der Waals surface area contributed by atoms with Crippen molar-refractivity contribution < 1.29 is 23.2 Å². The average Bonchev–Trinajstić information content (AvgIpc) is 3.61. The number of Topliss-reactive ketones (excluding diaryl/α,β-unsaturated/α-hetero) is 1. The van der Waals surface area contributed by atoms with E-state index in [-0.39, 0.29) is 53.9 Å². The number of piperidine rings is 1. The lowest BCUT2D eigenvalue weighted by atomic mass is 9.88. The lowest BCUT2D eigenvalue weighted by Crippen LogP contribution is -2.49. The van der Waals surface area contributed by atoms with Crippen molar-refractivity contribution >= 4 is 17.6 Å². The van der Waals surface area contributed by atoms with E-state index >= 15 is 0 Å². The summed E-state index contributed by atoms with van der Waals surface area (Å²) in [5.74, 6) is -0.723. The first kappa shape index (κ1) is 30.8. The monoisotopic (exact) mass is 570 g/mol. The van der Waals surface area contributed by atoms with Crippen LogP contribution in [0.25, 0.3) is 11.3 Å².